The van der Waals surface area contributed by atoms with Crippen molar-refractivity contribution in [3.63, 3.8) is 0 Å². The van der Waals surface area contributed by atoms with Crippen molar-refractivity contribution < 1.29 is 9.32 Å². The second-order valence-corrected chi connectivity index (χ2v) is 4.92. The molecule has 6 nitrogen and oxygen atoms in total. The molecule has 104 valence electrons. The first-order valence-electron chi connectivity index (χ1n) is 6.65. The minimum absolute atomic E-state index is 0.0676. The van der Waals surface area contributed by atoms with Crippen molar-refractivity contribution in [1.29, 1.82) is 0 Å². The van der Waals surface area contributed by atoms with E-state index in [9.17, 15) is 9.59 Å². The van der Waals surface area contributed by atoms with Gasteiger partial charge in [-0.05, 0) is 30.5 Å². The molecular weight excluding hydrogens is 258 g/mol. The maximum absolute atomic E-state index is 12.3. The highest BCUT2D eigenvalue weighted by atomic mass is 16.5. The molecule has 1 saturated heterocycles. The summed E-state index contributed by atoms with van der Waals surface area (Å²) in [5.41, 5.74) is 1.59. The van der Waals surface area contributed by atoms with Gasteiger partial charge in [0.25, 0.3) is 5.91 Å². The average molecular weight is 273 g/mol. The van der Waals surface area contributed by atoms with Crippen molar-refractivity contribution in [2.24, 2.45) is 0 Å². The van der Waals surface area contributed by atoms with E-state index in [0.29, 0.717) is 17.8 Å². The van der Waals surface area contributed by atoms with E-state index >= 15 is 0 Å². The smallest absolute Gasteiger partial charge is 0.339 e. The second kappa shape index (κ2) is 5.32. The number of aromatic amines is 1. The van der Waals surface area contributed by atoms with Gasteiger partial charge in [0, 0.05) is 25.1 Å². The van der Waals surface area contributed by atoms with Gasteiger partial charge in [-0.2, -0.15) is 0 Å². The number of nitrogens with one attached hydrogen (secondary N) is 1. The van der Waals surface area contributed by atoms with Crippen LogP contribution in [0.3, 0.4) is 0 Å². The normalized spacial score (nSPS) is 14.7. The molecule has 0 radical (unpaired) electrons. The molecule has 1 aliphatic rings. The lowest BCUT2D eigenvalue weighted by Gasteiger charge is -2.15. The molecule has 2 aromatic rings. The largest absolute Gasteiger partial charge is 0.438 e. The molecule has 0 aliphatic carbocycles. The topological polar surface area (TPSA) is 79.2 Å². The van der Waals surface area contributed by atoms with Gasteiger partial charge in [0.2, 0.25) is 0 Å². The van der Waals surface area contributed by atoms with E-state index in [1.165, 1.54) is 0 Å². The van der Waals surface area contributed by atoms with Gasteiger partial charge in [-0.1, -0.05) is 17.3 Å². The first-order chi connectivity index (χ1) is 9.72. The quantitative estimate of drug-likeness (QED) is 0.911. The molecule has 0 atom stereocenters. The Morgan fingerprint density at radius 3 is 2.85 bits per heavy atom. The Hall–Kier alpha value is -2.37. The van der Waals surface area contributed by atoms with Crippen LogP contribution in [-0.2, 0) is 6.42 Å². The molecule has 1 fully saturated rings. The Labute approximate surface area is 115 Å². The maximum atomic E-state index is 12.3. The van der Waals surface area contributed by atoms with E-state index in [1.807, 2.05) is 29.2 Å². The third-order valence-electron chi connectivity index (χ3n) is 3.42. The van der Waals surface area contributed by atoms with Gasteiger partial charge in [0.1, 0.15) is 0 Å². The minimum Gasteiger partial charge on any atom is -0.339 e. The number of H-pyrrole nitrogens is 1. The summed E-state index contributed by atoms with van der Waals surface area (Å²) in [6.07, 6.45) is 2.59. The molecule has 20 heavy (non-hydrogen) atoms. The van der Waals surface area contributed by atoms with Crippen molar-refractivity contribution >= 4 is 5.91 Å². The third kappa shape index (κ3) is 2.64. The number of carbonyl (C=O) groups excluding carboxylic acids is 1. The van der Waals surface area contributed by atoms with E-state index in [4.69, 9.17) is 0 Å². The highest BCUT2D eigenvalue weighted by molar-refractivity contribution is 5.94. The van der Waals surface area contributed by atoms with Crippen molar-refractivity contribution in [2.45, 2.75) is 19.3 Å². The van der Waals surface area contributed by atoms with Gasteiger partial charge < -0.3 is 4.90 Å². The molecule has 0 saturated carbocycles. The second-order valence-electron chi connectivity index (χ2n) is 4.92. The molecule has 1 aromatic carbocycles. The fourth-order valence-corrected chi connectivity index (χ4v) is 2.45. The number of amides is 1. The first-order valence-corrected chi connectivity index (χ1v) is 6.65. The predicted octanol–water partition coefficient (Wildman–Crippen LogP) is 1.19. The van der Waals surface area contributed by atoms with Crippen LogP contribution in [0.5, 0.6) is 0 Å². The van der Waals surface area contributed by atoms with Crippen LogP contribution >= 0.6 is 0 Å². The summed E-state index contributed by atoms with van der Waals surface area (Å²) in [7, 11) is 0. The van der Waals surface area contributed by atoms with Gasteiger partial charge in [-0.25, -0.2) is 4.79 Å². The predicted molar refractivity (Wildman–Crippen MR) is 71.5 cm³/mol. The van der Waals surface area contributed by atoms with Crippen LogP contribution in [0.25, 0.3) is 0 Å². The fraction of sp³-hybridized carbons (Fsp3) is 0.357. The Kier molecular flexibility index (Phi) is 3.37. The lowest BCUT2D eigenvalue weighted by Crippen LogP contribution is -2.27. The molecule has 6 heteroatoms. The summed E-state index contributed by atoms with van der Waals surface area (Å²) in [4.78, 5) is 27.5. The van der Waals surface area contributed by atoms with Crippen LogP contribution in [-0.4, -0.2) is 34.0 Å². The number of hydrogen-bond acceptors (Lipinski definition) is 4. The molecular formula is C14H15N3O3. The lowest BCUT2D eigenvalue weighted by molar-refractivity contribution is 0.0792. The highest BCUT2D eigenvalue weighted by Crippen LogP contribution is 2.15. The van der Waals surface area contributed by atoms with Crippen molar-refractivity contribution in [3.05, 3.63) is 51.8 Å². The molecule has 0 bridgehead atoms. The molecule has 1 aliphatic heterocycles. The lowest BCUT2D eigenvalue weighted by atomic mass is 10.1. The van der Waals surface area contributed by atoms with Gasteiger partial charge >= 0.3 is 5.76 Å². The summed E-state index contributed by atoms with van der Waals surface area (Å²) >= 11 is 0. The summed E-state index contributed by atoms with van der Waals surface area (Å²) in [5.74, 6) is -0.0388. The third-order valence-corrected chi connectivity index (χ3v) is 3.42. The zero-order valence-corrected chi connectivity index (χ0v) is 11.0. The maximum Gasteiger partial charge on any atom is 0.438 e. The number of hydrogen-bond donors (Lipinski definition) is 1. The summed E-state index contributed by atoms with van der Waals surface area (Å²) < 4.78 is 4.46. The van der Waals surface area contributed by atoms with E-state index in [0.717, 1.165) is 31.5 Å². The Morgan fingerprint density at radius 2 is 2.15 bits per heavy atom. The van der Waals surface area contributed by atoms with Crippen molar-refractivity contribution in [2.75, 3.05) is 13.1 Å². The Balaban J connectivity index is 1.78. The Bertz CT molecular complexity index is 668. The minimum atomic E-state index is -0.565. The number of nitrogens with zero attached hydrogens (tertiary/aromatic N) is 2. The standard InChI is InChI=1S/C14H15N3O3/c18-13(17-6-1-2-7-17)11-5-3-4-10(8-11)9-12-15-14(19)20-16-12/h3-5,8H,1-2,6-7,9H2,(H,15,16,19). The summed E-state index contributed by atoms with van der Waals surface area (Å²) in [6, 6.07) is 7.40. The number of aromatic nitrogens is 2. The molecule has 0 spiro atoms. The molecule has 1 aromatic heterocycles. The number of likely N-dealkylation sites (tertiary alicyclic amines) is 1. The molecule has 1 N–H and O–H groups in total. The Morgan fingerprint density at radius 1 is 1.35 bits per heavy atom. The zero-order valence-electron chi connectivity index (χ0n) is 11.0. The molecule has 0 unspecified atom stereocenters. The fourth-order valence-electron chi connectivity index (χ4n) is 2.45. The van der Waals surface area contributed by atoms with Crippen LogP contribution in [0.2, 0.25) is 0 Å². The first kappa shape index (κ1) is 12.7. The van der Waals surface area contributed by atoms with E-state index < -0.39 is 5.76 Å². The van der Waals surface area contributed by atoms with Crippen LogP contribution in [0.15, 0.2) is 33.6 Å². The van der Waals surface area contributed by atoms with E-state index in [1.54, 1.807) is 0 Å². The number of carbonyl (C=O) groups is 1. The van der Waals surface area contributed by atoms with Crippen LogP contribution in [0.1, 0.15) is 34.6 Å². The molecule has 2 heterocycles. The molecule has 3 rings (SSSR count). The summed E-state index contributed by atoms with van der Waals surface area (Å²) in [6.45, 7) is 1.67. The van der Waals surface area contributed by atoms with E-state index in [2.05, 4.69) is 14.7 Å². The van der Waals surface area contributed by atoms with E-state index in [-0.39, 0.29) is 5.91 Å². The SMILES string of the molecule is O=C(c1cccc(Cc2noc(=O)[nH]2)c1)N1CCCC1. The number of rotatable bonds is 3. The summed E-state index contributed by atoms with van der Waals surface area (Å²) in [5, 5.41) is 3.62. The molecule has 1 amide bonds. The van der Waals surface area contributed by atoms with Crippen molar-refractivity contribution in [1.82, 2.24) is 15.0 Å². The average Bonchev–Trinajstić information content (AvgIpc) is 3.10. The van der Waals surface area contributed by atoms with Gasteiger partial charge in [0.05, 0.1) is 0 Å². The van der Waals surface area contributed by atoms with Crippen LogP contribution in [0, 0.1) is 0 Å². The van der Waals surface area contributed by atoms with Gasteiger partial charge in [-0.15, -0.1) is 0 Å². The van der Waals surface area contributed by atoms with Gasteiger partial charge in [0.15, 0.2) is 5.82 Å². The number of benzene rings is 1. The van der Waals surface area contributed by atoms with Gasteiger partial charge in [-0.3, -0.25) is 14.3 Å². The van der Waals surface area contributed by atoms with Crippen LogP contribution in [0.4, 0.5) is 0 Å². The highest BCUT2D eigenvalue weighted by Gasteiger charge is 2.19. The zero-order chi connectivity index (χ0) is 13.9. The monoisotopic (exact) mass is 273 g/mol. The van der Waals surface area contributed by atoms with Crippen LogP contribution < -0.4 is 5.76 Å². The van der Waals surface area contributed by atoms with Crippen molar-refractivity contribution in [3.8, 4) is 0 Å².